The van der Waals surface area contributed by atoms with Gasteiger partial charge in [-0.2, -0.15) is 0 Å². The van der Waals surface area contributed by atoms with E-state index in [0.717, 1.165) is 0 Å². The molecule has 2 amide bonds. The Morgan fingerprint density at radius 2 is 1.81 bits per heavy atom. The molecule has 1 heterocycles. The first kappa shape index (κ1) is 18.0. The minimum Gasteiger partial charge on any atom is -0.377 e. The van der Waals surface area contributed by atoms with Gasteiger partial charge in [0.25, 0.3) is 0 Å². The molecule has 1 rings (SSSR count). The van der Waals surface area contributed by atoms with E-state index in [1.807, 2.05) is 48.5 Å². The van der Waals surface area contributed by atoms with Gasteiger partial charge < -0.3 is 15.0 Å². The third-order valence-electron chi connectivity index (χ3n) is 3.82. The first-order valence-electron chi connectivity index (χ1n) is 7.82. The van der Waals surface area contributed by atoms with Crippen LogP contribution in [0.2, 0.25) is 0 Å². The normalized spacial score (nSPS) is 25.2. The van der Waals surface area contributed by atoms with E-state index in [2.05, 4.69) is 5.32 Å². The molecule has 1 aliphatic heterocycles. The van der Waals surface area contributed by atoms with Crippen molar-refractivity contribution >= 4 is 11.8 Å². The fraction of sp³-hybridized carbons (Fsp3) is 0.875. The minimum atomic E-state index is -0.478. The van der Waals surface area contributed by atoms with Crippen molar-refractivity contribution in [2.45, 2.75) is 66.7 Å². The number of rotatable bonds is 5. The summed E-state index contributed by atoms with van der Waals surface area (Å²) in [6.07, 6.45) is -0.0771. The predicted molar refractivity (Wildman–Crippen MR) is 82.8 cm³/mol. The average molecular weight is 298 g/mol. The highest BCUT2D eigenvalue weighted by Gasteiger charge is 2.46. The van der Waals surface area contributed by atoms with Crippen LogP contribution in [0.1, 0.15) is 48.5 Å². The smallest absolute Gasteiger partial charge is 0.246 e. The highest BCUT2D eigenvalue weighted by Crippen LogP contribution is 2.27. The molecule has 0 aromatic rings. The van der Waals surface area contributed by atoms with Gasteiger partial charge in [-0.1, -0.05) is 34.6 Å². The van der Waals surface area contributed by atoms with Crippen LogP contribution in [0.25, 0.3) is 0 Å². The molecular weight excluding hydrogens is 268 g/mol. The molecule has 0 aromatic carbocycles. The lowest BCUT2D eigenvalue weighted by atomic mass is 9.82. The van der Waals surface area contributed by atoms with E-state index in [-0.39, 0.29) is 29.3 Å². The standard InChI is InChI=1S/C16H30N2O3/c1-8-21-11(4)9-18-12(10(2)3)14(19)17-13(15(18)20)16(5,6)7/h10-13H,8-9H2,1-7H3,(H,17,19). The minimum absolute atomic E-state index is 0.00708. The van der Waals surface area contributed by atoms with E-state index in [4.69, 9.17) is 4.74 Å². The molecule has 0 bridgehead atoms. The molecule has 5 nitrogen and oxygen atoms in total. The van der Waals surface area contributed by atoms with Crippen molar-refractivity contribution in [3.05, 3.63) is 0 Å². The third kappa shape index (κ3) is 4.19. The lowest BCUT2D eigenvalue weighted by molar-refractivity contribution is -0.156. The number of nitrogens with one attached hydrogen (secondary N) is 1. The Morgan fingerprint density at radius 3 is 2.24 bits per heavy atom. The van der Waals surface area contributed by atoms with Gasteiger partial charge in [-0.25, -0.2) is 0 Å². The van der Waals surface area contributed by atoms with Crippen LogP contribution in [0.4, 0.5) is 0 Å². The first-order valence-corrected chi connectivity index (χ1v) is 7.82. The lowest BCUT2D eigenvalue weighted by Gasteiger charge is -2.45. The van der Waals surface area contributed by atoms with Crippen LogP contribution in [0, 0.1) is 11.3 Å². The highest BCUT2D eigenvalue weighted by molar-refractivity contribution is 5.97. The van der Waals surface area contributed by atoms with Crippen LogP contribution in [-0.4, -0.2) is 48.1 Å². The Bertz CT molecular complexity index is 387. The Kier molecular flexibility index (Phi) is 5.79. The molecule has 1 saturated heterocycles. The summed E-state index contributed by atoms with van der Waals surface area (Å²) >= 11 is 0. The fourth-order valence-electron chi connectivity index (χ4n) is 2.80. The third-order valence-corrected chi connectivity index (χ3v) is 3.82. The zero-order valence-electron chi connectivity index (χ0n) is 14.4. The number of ether oxygens (including phenoxy) is 1. The summed E-state index contributed by atoms with van der Waals surface area (Å²) in [6, 6.07) is -0.896. The lowest BCUT2D eigenvalue weighted by Crippen LogP contribution is -2.68. The van der Waals surface area contributed by atoms with Gasteiger partial charge in [0, 0.05) is 13.2 Å². The van der Waals surface area contributed by atoms with Crippen molar-refractivity contribution in [2.75, 3.05) is 13.2 Å². The summed E-state index contributed by atoms with van der Waals surface area (Å²) in [7, 11) is 0. The average Bonchev–Trinajstić information content (AvgIpc) is 2.31. The molecule has 0 aromatic heterocycles. The molecule has 21 heavy (non-hydrogen) atoms. The molecule has 3 atom stereocenters. The van der Waals surface area contributed by atoms with E-state index < -0.39 is 12.1 Å². The van der Waals surface area contributed by atoms with Gasteiger partial charge >= 0.3 is 0 Å². The summed E-state index contributed by atoms with van der Waals surface area (Å²) < 4.78 is 5.55. The second-order valence-corrected chi connectivity index (χ2v) is 7.25. The number of carbonyl (C=O) groups is 2. The molecule has 1 N–H and O–H groups in total. The van der Waals surface area contributed by atoms with E-state index >= 15 is 0 Å². The number of hydrogen-bond donors (Lipinski definition) is 1. The molecule has 122 valence electrons. The molecule has 0 spiro atoms. The number of amides is 2. The Balaban J connectivity index is 3.03. The maximum atomic E-state index is 12.8. The van der Waals surface area contributed by atoms with Crippen LogP contribution in [0.3, 0.4) is 0 Å². The van der Waals surface area contributed by atoms with Crippen molar-refractivity contribution in [3.63, 3.8) is 0 Å². The summed E-state index contributed by atoms with van der Waals surface area (Å²) in [5.41, 5.74) is -0.304. The van der Waals surface area contributed by atoms with Gasteiger partial charge in [-0.05, 0) is 25.2 Å². The van der Waals surface area contributed by atoms with Gasteiger partial charge in [-0.3, -0.25) is 9.59 Å². The molecule has 5 heteroatoms. The van der Waals surface area contributed by atoms with Crippen LogP contribution >= 0.6 is 0 Å². The first-order chi connectivity index (χ1) is 9.59. The predicted octanol–water partition coefficient (Wildman–Crippen LogP) is 1.81. The zero-order valence-corrected chi connectivity index (χ0v) is 14.4. The van der Waals surface area contributed by atoms with Gasteiger partial charge in [0.15, 0.2) is 0 Å². The van der Waals surface area contributed by atoms with Crippen LogP contribution in [0.15, 0.2) is 0 Å². The van der Waals surface area contributed by atoms with Gasteiger partial charge in [0.1, 0.15) is 12.1 Å². The van der Waals surface area contributed by atoms with Gasteiger partial charge in [0.05, 0.1) is 6.10 Å². The molecule has 1 aliphatic rings. The molecule has 0 saturated carbocycles. The maximum Gasteiger partial charge on any atom is 0.246 e. The number of piperazine rings is 1. The summed E-state index contributed by atoms with van der Waals surface area (Å²) in [5.74, 6) is 0.00396. The van der Waals surface area contributed by atoms with Crippen molar-refractivity contribution in [2.24, 2.45) is 11.3 Å². The molecular formula is C16H30N2O3. The van der Waals surface area contributed by atoms with Gasteiger partial charge in [-0.15, -0.1) is 0 Å². The SMILES string of the molecule is CCOC(C)CN1C(=O)C(C(C)(C)C)NC(=O)C1C(C)C. The monoisotopic (exact) mass is 298 g/mol. The van der Waals surface area contributed by atoms with Gasteiger partial charge in [0.2, 0.25) is 11.8 Å². The largest absolute Gasteiger partial charge is 0.377 e. The van der Waals surface area contributed by atoms with E-state index in [1.54, 1.807) is 4.90 Å². The van der Waals surface area contributed by atoms with E-state index in [0.29, 0.717) is 13.2 Å². The number of carbonyl (C=O) groups excluding carboxylic acids is 2. The van der Waals surface area contributed by atoms with E-state index in [9.17, 15) is 9.59 Å². The quantitative estimate of drug-likeness (QED) is 0.842. The molecule has 3 unspecified atom stereocenters. The highest BCUT2D eigenvalue weighted by atomic mass is 16.5. The molecule has 0 radical (unpaired) electrons. The Morgan fingerprint density at radius 1 is 1.24 bits per heavy atom. The number of nitrogens with zero attached hydrogens (tertiary/aromatic N) is 1. The maximum absolute atomic E-state index is 12.8. The number of hydrogen-bond acceptors (Lipinski definition) is 3. The van der Waals surface area contributed by atoms with E-state index in [1.165, 1.54) is 0 Å². The Hall–Kier alpha value is -1.10. The zero-order chi connectivity index (χ0) is 16.4. The van der Waals surface area contributed by atoms with Crippen molar-refractivity contribution in [3.8, 4) is 0 Å². The topological polar surface area (TPSA) is 58.6 Å². The Labute approximate surface area is 128 Å². The van der Waals surface area contributed by atoms with Crippen LogP contribution in [-0.2, 0) is 14.3 Å². The summed E-state index contributed by atoms with van der Waals surface area (Å²) in [5, 5.41) is 2.90. The molecule has 1 fully saturated rings. The van der Waals surface area contributed by atoms with Crippen LogP contribution in [0.5, 0.6) is 0 Å². The second-order valence-electron chi connectivity index (χ2n) is 7.25. The van der Waals surface area contributed by atoms with Crippen molar-refractivity contribution in [1.29, 1.82) is 0 Å². The summed E-state index contributed by atoms with van der Waals surface area (Å²) in [4.78, 5) is 27.0. The summed E-state index contributed by atoms with van der Waals surface area (Å²) in [6.45, 7) is 14.8. The molecule has 0 aliphatic carbocycles. The second kappa shape index (κ2) is 6.77. The van der Waals surface area contributed by atoms with Crippen molar-refractivity contribution in [1.82, 2.24) is 10.2 Å². The van der Waals surface area contributed by atoms with Crippen LogP contribution < -0.4 is 5.32 Å². The fourth-order valence-corrected chi connectivity index (χ4v) is 2.80. The van der Waals surface area contributed by atoms with Crippen molar-refractivity contribution < 1.29 is 14.3 Å².